The zero-order valence-corrected chi connectivity index (χ0v) is 11.9. The number of rotatable bonds is 2. The van der Waals surface area contributed by atoms with Crippen molar-refractivity contribution in [1.82, 2.24) is 10.2 Å². The van der Waals surface area contributed by atoms with E-state index in [0.717, 1.165) is 25.2 Å². The van der Waals surface area contributed by atoms with Crippen molar-refractivity contribution in [3.8, 4) is 6.07 Å². The smallest absolute Gasteiger partial charge is 0.0991 e. The summed E-state index contributed by atoms with van der Waals surface area (Å²) in [5.41, 5.74) is 2.04. The first-order valence-corrected chi connectivity index (χ1v) is 7.32. The quantitative estimate of drug-likeness (QED) is 0.885. The lowest BCUT2D eigenvalue weighted by Crippen LogP contribution is -2.51. The molecule has 2 atom stereocenters. The van der Waals surface area contributed by atoms with Crippen LogP contribution in [0.5, 0.6) is 0 Å². The molecule has 1 aromatic carbocycles. The molecule has 3 rings (SSSR count). The van der Waals surface area contributed by atoms with Crippen molar-refractivity contribution < 1.29 is 0 Å². The fourth-order valence-electron chi connectivity index (χ4n) is 3.08. The van der Waals surface area contributed by atoms with Gasteiger partial charge in [0.05, 0.1) is 11.6 Å². The lowest BCUT2D eigenvalue weighted by molar-refractivity contribution is 0.145. The van der Waals surface area contributed by atoms with Crippen LogP contribution in [-0.4, -0.2) is 30.1 Å². The lowest BCUT2D eigenvalue weighted by atomic mass is 10.1. The highest BCUT2D eigenvalue weighted by Crippen LogP contribution is 2.28. The van der Waals surface area contributed by atoms with Gasteiger partial charge in [0.1, 0.15) is 0 Å². The molecule has 0 radical (unpaired) electrons. The number of hydrogen-bond acceptors (Lipinski definition) is 3. The molecule has 3 nitrogen and oxygen atoms in total. The highest BCUT2D eigenvalue weighted by Gasteiger charge is 2.35. The minimum absolute atomic E-state index is 0.694. The van der Waals surface area contributed by atoms with E-state index in [4.69, 9.17) is 5.26 Å². The van der Waals surface area contributed by atoms with E-state index in [1.807, 2.05) is 32.0 Å². The van der Waals surface area contributed by atoms with Crippen molar-refractivity contribution >= 4 is 0 Å². The van der Waals surface area contributed by atoms with Crippen LogP contribution in [0, 0.1) is 11.3 Å². The predicted octanol–water partition coefficient (Wildman–Crippen LogP) is 2.52. The Labute approximate surface area is 116 Å². The maximum Gasteiger partial charge on any atom is 0.0991 e. The van der Waals surface area contributed by atoms with Gasteiger partial charge in [-0.1, -0.05) is 26.0 Å². The molecule has 0 saturated carbocycles. The van der Waals surface area contributed by atoms with E-state index >= 15 is 0 Å². The summed E-state index contributed by atoms with van der Waals surface area (Å²) in [6.07, 6.45) is 2.63. The van der Waals surface area contributed by atoms with Crippen molar-refractivity contribution in [2.45, 2.75) is 45.3 Å². The summed E-state index contributed by atoms with van der Waals surface area (Å²) >= 11 is 0. The van der Waals surface area contributed by atoms with Gasteiger partial charge in [-0.3, -0.25) is 4.90 Å². The molecule has 2 heterocycles. The third-order valence-electron chi connectivity index (χ3n) is 3.95. The molecule has 0 amide bonds. The molecule has 2 aliphatic rings. The summed E-state index contributed by atoms with van der Waals surface area (Å²) in [5.74, 6) is 0. The fourth-order valence-corrected chi connectivity index (χ4v) is 3.08. The topological polar surface area (TPSA) is 39.1 Å². The summed E-state index contributed by atoms with van der Waals surface area (Å²) in [4.78, 5) is 2.60. The molecule has 2 saturated heterocycles. The summed E-state index contributed by atoms with van der Waals surface area (Å²) in [6.45, 7) is 7.23. The molecule has 2 fully saturated rings. The first kappa shape index (κ1) is 14.0. The molecule has 1 N–H and O–H groups in total. The normalized spacial score (nSPS) is 25.3. The summed E-state index contributed by atoms with van der Waals surface area (Å²) in [7, 11) is 0. The Morgan fingerprint density at radius 1 is 1.26 bits per heavy atom. The maximum absolute atomic E-state index is 8.91. The zero-order chi connectivity index (χ0) is 13.7. The molecular weight excluding hydrogens is 234 g/mol. The molecule has 102 valence electrons. The second-order valence-corrected chi connectivity index (χ2v) is 5.03. The van der Waals surface area contributed by atoms with E-state index in [1.54, 1.807) is 0 Å². The van der Waals surface area contributed by atoms with E-state index in [9.17, 15) is 0 Å². The highest BCUT2D eigenvalue weighted by molar-refractivity contribution is 5.32. The van der Waals surface area contributed by atoms with E-state index in [0.29, 0.717) is 12.1 Å². The Morgan fingerprint density at radius 2 is 1.95 bits per heavy atom. The number of fused-ring (bicyclic) bond motifs is 2. The number of hydrogen-bond donors (Lipinski definition) is 1. The zero-order valence-electron chi connectivity index (χ0n) is 11.9. The number of benzene rings is 1. The second-order valence-electron chi connectivity index (χ2n) is 5.03. The van der Waals surface area contributed by atoms with Gasteiger partial charge in [-0.05, 0) is 30.5 Å². The Bertz CT molecular complexity index is 434. The Hall–Kier alpha value is -1.37. The minimum atomic E-state index is 0.694. The van der Waals surface area contributed by atoms with Crippen LogP contribution in [0.2, 0.25) is 0 Å². The van der Waals surface area contributed by atoms with Crippen molar-refractivity contribution in [3.05, 3.63) is 35.4 Å². The monoisotopic (exact) mass is 257 g/mol. The van der Waals surface area contributed by atoms with Crippen LogP contribution in [0.15, 0.2) is 24.3 Å². The Morgan fingerprint density at radius 3 is 2.58 bits per heavy atom. The van der Waals surface area contributed by atoms with Crippen molar-refractivity contribution in [2.75, 3.05) is 13.1 Å². The molecule has 0 aromatic heterocycles. The number of nitrogens with one attached hydrogen (secondary N) is 1. The number of nitriles is 1. The van der Waals surface area contributed by atoms with E-state index < -0.39 is 0 Å². The average molecular weight is 257 g/mol. The fraction of sp³-hybridized carbons (Fsp3) is 0.562. The van der Waals surface area contributed by atoms with Gasteiger partial charge in [0.2, 0.25) is 0 Å². The van der Waals surface area contributed by atoms with Gasteiger partial charge in [0.15, 0.2) is 0 Å². The Balaban J connectivity index is 0.000000637. The van der Waals surface area contributed by atoms with Crippen molar-refractivity contribution in [1.29, 1.82) is 5.26 Å². The van der Waals surface area contributed by atoms with E-state index in [1.165, 1.54) is 18.4 Å². The number of piperazine rings is 1. The molecule has 1 aromatic rings. The molecule has 2 aliphatic heterocycles. The molecule has 2 unspecified atom stereocenters. The first-order chi connectivity index (χ1) is 9.36. The largest absolute Gasteiger partial charge is 0.314 e. The van der Waals surface area contributed by atoms with Gasteiger partial charge >= 0.3 is 0 Å². The van der Waals surface area contributed by atoms with E-state index in [-0.39, 0.29) is 0 Å². The molecule has 0 aliphatic carbocycles. The van der Waals surface area contributed by atoms with E-state index in [2.05, 4.69) is 22.4 Å². The van der Waals surface area contributed by atoms with Gasteiger partial charge < -0.3 is 5.32 Å². The van der Waals surface area contributed by atoms with Crippen LogP contribution >= 0.6 is 0 Å². The minimum Gasteiger partial charge on any atom is -0.314 e. The van der Waals surface area contributed by atoms with Crippen LogP contribution in [0.4, 0.5) is 0 Å². The maximum atomic E-state index is 8.91. The van der Waals surface area contributed by atoms with Gasteiger partial charge in [-0.2, -0.15) is 5.26 Å². The lowest BCUT2D eigenvalue weighted by Gasteiger charge is -2.35. The highest BCUT2D eigenvalue weighted by atomic mass is 15.3. The van der Waals surface area contributed by atoms with Gasteiger partial charge in [-0.15, -0.1) is 0 Å². The molecular formula is C16H23N3. The standard InChI is InChI=1S/C14H17N3.C2H6/c15-7-11-2-1-3-12(6-11)10-17-13-4-5-14(17)9-16-8-13;1-2/h1-3,6,13-14,16H,4-5,8-10H2;1-2H3. The molecule has 2 bridgehead atoms. The SMILES string of the molecule is CC.N#Cc1cccc(CN2C3CCC2CNC3)c1. The second kappa shape index (κ2) is 6.70. The predicted molar refractivity (Wildman–Crippen MR) is 77.7 cm³/mol. The van der Waals surface area contributed by atoms with Crippen LogP contribution < -0.4 is 5.32 Å². The molecule has 0 spiro atoms. The molecule has 3 heteroatoms. The average Bonchev–Trinajstić information content (AvgIpc) is 2.70. The summed E-state index contributed by atoms with van der Waals surface area (Å²) < 4.78 is 0. The third kappa shape index (κ3) is 3.15. The van der Waals surface area contributed by atoms with Crippen LogP contribution in [-0.2, 0) is 6.54 Å². The summed E-state index contributed by atoms with van der Waals surface area (Å²) in [5, 5.41) is 12.4. The van der Waals surface area contributed by atoms with Gasteiger partial charge in [0.25, 0.3) is 0 Å². The van der Waals surface area contributed by atoms with Crippen LogP contribution in [0.25, 0.3) is 0 Å². The van der Waals surface area contributed by atoms with Crippen LogP contribution in [0.3, 0.4) is 0 Å². The summed E-state index contributed by atoms with van der Waals surface area (Å²) in [6, 6.07) is 11.6. The van der Waals surface area contributed by atoms with Gasteiger partial charge in [-0.25, -0.2) is 0 Å². The first-order valence-electron chi connectivity index (χ1n) is 7.32. The van der Waals surface area contributed by atoms with Crippen molar-refractivity contribution in [3.63, 3.8) is 0 Å². The van der Waals surface area contributed by atoms with Crippen molar-refractivity contribution in [2.24, 2.45) is 0 Å². The Kier molecular flexibility index (Phi) is 4.95. The third-order valence-corrected chi connectivity index (χ3v) is 3.95. The van der Waals surface area contributed by atoms with Crippen LogP contribution in [0.1, 0.15) is 37.8 Å². The molecule has 19 heavy (non-hydrogen) atoms. The number of nitrogens with zero attached hydrogens (tertiary/aromatic N) is 2. The van der Waals surface area contributed by atoms with Gasteiger partial charge in [0, 0.05) is 31.7 Å².